The Hall–Kier alpha value is -0.930. The molecule has 1 fully saturated rings. The molecule has 1 saturated heterocycles. The molecule has 106 valence electrons. The van der Waals surface area contributed by atoms with Gasteiger partial charge in [-0.25, -0.2) is 0 Å². The third kappa shape index (κ3) is 4.59. The van der Waals surface area contributed by atoms with E-state index in [4.69, 9.17) is 21.1 Å². The minimum Gasteiger partial charge on any atom is -0.492 e. The highest BCUT2D eigenvalue weighted by Crippen LogP contribution is 2.28. The number of benzene rings is 1. The first-order valence-electron chi connectivity index (χ1n) is 7.03. The lowest BCUT2D eigenvalue weighted by Crippen LogP contribution is -2.22. The summed E-state index contributed by atoms with van der Waals surface area (Å²) in [6, 6.07) is 5.90. The van der Waals surface area contributed by atoms with Gasteiger partial charge in [0, 0.05) is 25.4 Å². The van der Waals surface area contributed by atoms with Gasteiger partial charge >= 0.3 is 0 Å². The zero-order valence-electron chi connectivity index (χ0n) is 11.5. The summed E-state index contributed by atoms with van der Waals surface area (Å²) in [5.74, 6) is 1.46. The quantitative estimate of drug-likeness (QED) is 0.857. The summed E-state index contributed by atoms with van der Waals surface area (Å²) in [7, 11) is 0. The average molecular weight is 284 g/mol. The Labute approximate surface area is 120 Å². The van der Waals surface area contributed by atoms with Crippen LogP contribution in [0.25, 0.3) is 0 Å². The molecule has 0 spiro atoms. The molecular weight excluding hydrogens is 262 g/mol. The molecule has 1 aliphatic heterocycles. The molecule has 4 heteroatoms. The second-order valence-corrected chi connectivity index (χ2v) is 5.34. The predicted octanol–water partition coefficient (Wildman–Crippen LogP) is 3.97. The molecule has 0 bridgehead atoms. The molecule has 1 aromatic carbocycles. The van der Waals surface area contributed by atoms with E-state index in [0.29, 0.717) is 17.5 Å². The third-order valence-corrected chi connectivity index (χ3v) is 3.62. The zero-order chi connectivity index (χ0) is 13.5. The number of rotatable bonds is 6. The van der Waals surface area contributed by atoms with Gasteiger partial charge in [0.1, 0.15) is 5.75 Å². The first kappa shape index (κ1) is 14.5. The summed E-state index contributed by atoms with van der Waals surface area (Å²) < 4.78 is 10.9. The lowest BCUT2D eigenvalue weighted by Gasteiger charge is -2.22. The van der Waals surface area contributed by atoms with E-state index in [1.54, 1.807) is 0 Å². The van der Waals surface area contributed by atoms with E-state index in [1.165, 1.54) is 0 Å². The highest BCUT2D eigenvalue weighted by atomic mass is 35.5. The molecule has 1 aliphatic rings. The van der Waals surface area contributed by atoms with Gasteiger partial charge in [-0.1, -0.05) is 18.5 Å². The van der Waals surface area contributed by atoms with Crippen LogP contribution in [0.5, 0.6) is 5.75 Å². The van der Waals surface area contributed by atoms with Gasteiger partial charge in [0.05, 0.1) is 11.6 Å². The van der Waals surface area contributed by atoms with E-state index in [1.807, 2.05) is 18.2 Å². The second kappa shape index (κ2) is 7.61. The van der Waals surface area contributed by atoms with E-state index in [-0.39, 0.29) is 0 Å². The lowest BCUT2D eigenvalue weighted by molar-refractivity contribution is 0.0699. The van der Waals surface area contributed by atoms with Crippen LogP contribution in [0.4, 0.5) is 5.69 Å². The monoisotopic (exact) mass is 283 g/mol. The number of hydrogen-bond acceptors (Lipinski definition) is 3. The van der Waals surface area contributed by atoms with Gasteiger partial charge in [0.25, 0.3) is 0 Å². The fourth-order valence-corrected chi connectivity index (χ4v) is 2.39. The maximum Gasteiger partial charge on any atom is 0.138 e. The SMILES string of the molecule is CCCOc1ccc(NCC2CCOCC2)cc1Cl. The van der Waals surface area contributed by atoms with Crippen molar-refractivity contribution in [3.8, 4) is 5.75 Å². The average Bonchev–Trinajstić information content (AvgIpc) is 2.45. The lowest BCUT2D eigenvalue weighted by atomic mass is 10.0. The molecule has 1 N–H and O–H groups in total. The Balaban J connectivity index is 1.84. The maximum absolute atomic E-state index is 6.20. The highest BCUT2D eigenvalue weighted by Gasteiger charge is 2.13. The molecule has 1 aromatic rings. The van der Waals surface area contributed by atoms with Crippen molar-refractivity contribution in [3.05, 3.63) is 23.2 Å². The van der Waals surface area contributed by atoms with Crippen molar-refractivity contribution < 1.29 is 9.47 Å². The Kier molecular flexibility index (Phi) is 5.80. The molecule has 3 nitrogen and oxygen atoms in total. The molecule has 0 atom stereocenters. The first-order valence-corrected chi connectivity index (χ1v) is 7.41. The molecule has 2 rings (SSSR count). The van der Waals surface area contributed by atoms with Crippen molar-refractivity contribution in [2.75, 3.05) is 31.7 Å². The molecule has 0 amide bonds. The van der Waals surface area contributed by atoms with Crippen LogP contribution in [-0.4, -0.2) is 26.4 Å². The zero-order valence-corrected chi connectivity index (χ0v) is 12.2. The van der Waals surface area contributed by atoms with E-state index in [0.717, 1.165) is 50.5 Å². The summed E-state index contributed by atoms with van der Waals surface area (Å²) in [5.41, 5.74) is 1.06. The van der Waals surface area contributed by atoms with Gasteiger partial charge in [-0.2, -0.15) is 0 Å². The summed E-state index contributed by atoms with van der Waals surface area (Å²) in [4.78, 5) is 0. The molecule has 0 radical (unpaired) electrons. The van der Waals surface area contributed by atoms with Gasteiger partial charge in [0.2, 0.25) is 0 Å². The highest BCUT2D eigenvalue weighted by molar-refractivity contribution is 6.32. The maximum atomic E-state index is 6.20. The van der Waals surface area contributed by atoms with Crippen LogP contribution in [-0.2, 0) is 4.74 Å². The first-order chi connectivity index (χ1) is 9.29. The van der Waals surface area contributed by atoms with Gasteiger partial charge in [-0.3, -0.25) is 0 Å². The smallest absolute Gasteiger partial charge is 0.138 e. The van der Waals surface area contributed by atoms with Crippen LogP contribution < -0.4 is 10.1 Å². The van der Waals surface area contributed by atoms with Crippen LogP contribution in [0.2, 0.25) is 5.02 Å². The largest absolute Gasteiger partial charge is 0.492 e. The summed E-state index contributed by atoms with van der Waals surface area (Å²) in [5, 5.41) is 4.11. The normalized spacial score (nSPS) is 16.3. The van der Waals surface area contributed by atoms with Gasteiger partial charge < -0.3 is 14.8 Å². The van der Waals surface area contributed by atoms with E-state index in [2.05, 4.69) is 12.2 Å². The molecule has 0 saturated carbocycles. The van der Waals surface area contributed by atoms with E-state index < -0.39 is 0 Å². The minimum atomic E-state index is 0.672. The van der Waals surface area contributed by atoms with Gasteiger partial charge in [-0.15, -0.1) is 0 Å². The molecule has 0 aliphatic carbocycles. The van der Waals surface area contributed by atoms with Crippen molar-refractivity contribution in [2.24, 2.45) is 5.92 Å². The molecule has 0 aromatic heterocycles. The Morgan fingerprint density at radius 1 is 1.37 bits per heavy atom. The topological polar surface area (TPSA) is 30.5 Å². The second-order valence-electron chi connectivity index (χ2n) is 4.93. The summed E-state index contributed by atoms with van der Waals surface area (Å²) in [6.45, 7) is 5.54. The third-order valence-electron chi connectivity index (χ3n) is 3.33. The van der Waals surface area contributed by atoms with Crippen LogP contribution >= 0.6 is 11.6 Å². The minimum absolute atomic E-state index is 0.672. The van der Waals surface area contributed by atoms with E-state index in [9.17, 15) is 0 Å². The Morgan fingerprint density at radius 3 is 2.84 bits per heavy atom. The number of hydrogen-bond donors (Lipinski definition) is 1. The van der Waals surface area contributed by atoms with Crippen molar-refractivity contribution in [1.82, 2.24) is 0 Å². The van der Waals surface area contributed by atoms with Crippen molar-refractivity contribution in [1.29, 1.82) is 0 Å². The van der Waals surface area contributed by atoms with E-state index >= 15 is 0 Å². The fraction of sp³-hybridized carbons (Fsp3) is 0.600. The molecular formula is C15H22ClNO2. The number of anilines is 1. The van der Waals surface area contributed by atoms with Crippen LogP contribution in [0, 0.1) is 5.92 Å². The van der Waals surface area contributed by atoms with Crippen molar-refractivity contribution in [2.45, 2.75) is 26.2 Å². The van der Waals surface area contributed by atoms with Gasteiger partial charge in [-0.05, 0) is 43.4 Å². The van der Waals surface area contributed by atoms with Crippen LogP contribution in [0.15, 0.2) is 18.2 Å². The number of nitrogens with one attached hydrogen (secondary N) is 1. The predicted molar refractivity (Wildman–Crippen MR) is 79.3 cm³/mol. The summed E-state index contributed by atoms with van der Waals surface area (Å²) >= 11 is 6.20. The van der Waals surface area contributed by atoms with Gasteiger partial charge in [0.15, 0.2) is 0 Å². The van der Waals surface area contributed by atoms with Crippen molar-refractivity contribution >= 4 is 17.3 Å². The molecule has 19 heavy (non-hydrogen) atoms. The standard InChI is InChI=1S/C15H22ClNO2/c1-2-7-19-15-4-3-13(10-14(15)16)17-11-12-5-8-18-9-6-12/h3-4,10,12,17H,2,5-9,11H2,1H3. The molecule has 1 heterocycles. The Morgan fingerprint density at radius 2 is 2.16 bits per heavy atom. The van der Waals surface area contributed by atoms with Crippen LogP contribution in [0.3, 0.4) is 0 Å². The molecule has 0 unspecified atom stereocenters. The van der Waals surface area contributed by atoms with Crippen molar-refractivity contribution in [3.63, 3.8) is 0 Å². The fourth-order valence-electron chi connectivity index (χ4n) is 2.15. The van der Waals surface area contributed by atoms with Crippen LogP contribution in [0.1, 0.15) is 26.2 Å². The number of ether oxygens (including phenoxy) is 2. The Bertz CT molecular complexity index is 392. The number of halogens is 1. The summed E-state index contributed by atoms with van der Waals surface area (Å²) in [6.07, 6.45) is 3.26.